The third-order valence-corrected chi connectivity index (χ3v) is 12.1. The highest BCUT2D eigenvalue weighted by Crippen LogP contribution is 2.46. The van der Waals surface area contributed by atoms with E-state index >= 15 is 0 Å². The zero-order valence-corrected chi connectivity index (χ0v) is 29.8. The zero-order valence-electron chi connectivity index (χ0n) is 29.0. The quantitative estimate of drug-likeness (QED) is 0.306. The van der Waals surface area contributed by atoms with Gasteiger partial charge in [0.1, 0.15) is 41.1 Å². The van der Waals surface area contributed by atoms with Crippen LogP contribution in [0.25, 0.3) is 11.0 Å². The van der Waals surface area contributed by atoms with Gasteiger partial charge in [-0.25, -0.2) is 27.2 Å². The molecule has 13 nitrogen and oxygen atoms in total. The molecule has 0 bridgehead atoms. The van der Waals surface area contributed by atoms with Gasteiger partial charge in [0.05, 0.1) is 28.4 Å². The summed E-state index contributed by atoms with van der Waals surface area (Å²) >= 11 is 0. The fraction of sp³-hybridized carbons (Fsp3) is 0.459. The molecule has 0 unspecified atom stereocenters. The molecule has 280 valence electrons. The van der Waals surface area contributed by atoms with Gasteiger partial charge in [-0.2, -0.15) is 0 Å². The highest BCUT2D eigenvalue weighted by Gasteiger charge is 2.62. The smallest absolute Gasteiger partial charge is 0.259 e. The zero-order chi connectivity index (χ0) is 37.5. The molecule has 3 N–H and O–H groups in total. The van der Waals surface area contributed by atoms with E-state index in [-0.39, 0.29) is 42.8 Å². The summed E-state index contributed by atoms with van der Waals surface area (Å²) in [7, 11) is -3.93. The Balaban J connectivity index is 1.20. The predicted octanol–water partition coefficient (Wildman–Crippen LogP) is 3.37. The van der Waals surface area contributed by atoms with Crippen LogP contribution in [0.2, 0.25) is 0 Å². The minimum atomic E-state index is -3.93. The molecule has 1 aromatic heterocycles. The predicted molar refractivity (Wildman–Crippen MR) is 188 cm³/mol. The summed E-state index contributed by atoms with van der Waals surface area (Å²) in [6, 6.07) is 7.00. The lowest BCUT2D eigenvalue weighted by molar-refractivity contribution is -0.141. The molecule has 2 saturated carbocycles. The van der Waals surface area contributed by atoms with Crippen LogP contribution in [0.4, 0.5) is 8.78 Å². The van der Waals surface area contributed by atoms with Gasteiger partial charge in [0.15, 0.2) is 0 Å². The number of rotatable bonds is 7. The van der Waals surface area contributed by atoms with Crippen molar-refractivity contribution < 1.29 is 41.1 Å². The van der Waals surface area contributed by atoms with Crippen LogP contribution in [-0.2, 0) is 24.4 Å². The highest BCUT2D eigenvalue weighted by molar-refractivity contribution is 7.91. The van der Waals surface area contributed by atoms with E-state index in [9.17, 15) is 36.4 Å². The molecule has 3 heterocycles. The van der Waals surface area contributed by atoms with Gasteiger partial charge in [0.25, 0.3) is 11.8 Å². The van der Waals surface area contributed by atoms with Crippen molar-refractivity contribution in [1.82, 2.24) is 30.2 Å². The summed E-state index contributed by atoms with van der Waals surface area (Å²) in [5, 5.41) is 4.82. The van der Waals surface area contributed by atoms with Crippen molar-refractivity contribution in [2.45, 2.75) is 93.7 Å². The standard InChI is InChI=1S/C37H40F2N6O7S/c1-21-34(42-30-17-23(38)13-16-28(30)40-21)52-24-18-31-33(47)43-37(36(49)44-53(50,51)25-14-15-25)19-22(37)9-5-3-2-4-6-12-29(35(48)45(31)20-24)41-32(46)26-10-7-8-11-27(26)39/h5,7-11,13,16-17,22,24-25,29,31H,2-4,6,12,14-15,18-20H2,1H3,(H,41,46)(H,43,47)(H,44,49)/b9-5-/t22-,24-,29+,31+,37-/m1/s1. The Hall–Kier alpha value is -4.99. The fourth-order valence-corrected chi connectivity index (χ4v) is 8.46. The molecule has 3 aromatic rings. The fourth-order valence-electron chi connectivity index (χ4n) is 7.10. The van der Waals surface area contributed by atoms with E-state index in [4.69, 9.17) is 4.74 Å². The molecule has 4 amide bonds. The number of hydrogen-bond acceptors (Lipinski definition) is 9. The van der Waals surface area contributed by atoms with Crippen LogP contribution in [0, 0.1) is 24.5 Å². The van der Waals surface area contributed by atoms with Gasteiger partial charge in [-0.15, -0.1) is 0 Å². The average molecular weight is 751 g/mol. The Morgan fingerprint density at radius 2 is 1.81 bits per heavy atom. The van der Waals surface area contributed by atoms with E-state index in [0.717, 1.165) is 12.5 Å². The lowest BCUT2D eigenvalue weighted by atomic mass is 10.0. The molecule has 0 spiro atoms. The highest BCUT2D eigenvalue weighted by atomic mass is 32.2. The molecule has 53 heavy (non-hydrogen) atoms. The number of nitrogens with one attached hydrogen (secondary N) is 3. The second-order valence-electron chi connectivity index (χ2n) is 14.2. The van der Waals surface area contributed by atoms with Crippen molar-refractivity contribution in [3.8, 4) is 5.88 Å². The Kier molecular flexibility index (Phi) is 9.91. The van der Waals surface area contributed by atoms with Gasteiger partial charge in [-0.05, 0) is 69.7 Å². The number of amides is 4. The van der Waals surface area contributed by atoms with Gasteiger partial charge >= 0.3 is 0 Å². The molecule has 0 radical (unpaired) electrons. The maximum Gasteiger partial charge on any atom is 0.259 e. The van der Waals surface area contributed by atoms with Gasteiger partial charge in [0, 0.05) is 18.4 Å². The van der Waals surface area contributed by atoms with Crippen LogP contribution < -0.4 is 20.1 Å². The minimum absolute atomic E-state index is 0.0631. The molecule has 16 heteroatoms. The number of benzene rings is 2. The number of halogens is 2. The first-order valence-corrected chi connectivity index (χ1v) is 19.4. The van der Waals surface area contributed by atoms with Crippen LogP contribution in [0.15, 0.2) is 54.6 Å². The maximum absolute atomic E-state index is 14.6. The van der Waals surface area contributed by atoms with Crippen LogP contribution in [0.1, 0.15) is 73.8 Å². The Bertz CT molecular complexity index is 2110. The van der Waals surface area contributed by atoms with E-state index in [0.29, 0.717) is 43.3 Å². The van der Waals surface area contributed by atoms with E-state index < -0.39 is 80.2 Å². The van der Waals surface area contributed by atoms with Crippen LogP contribution in [0.3, 0.4) is 0 Å². The van der Waals surface area contributed by atoms with Crippen molar-refractivity contribution in [3.05, 3.63) is 77.5 Å². The first-order chi connectivity index (χ1) is 25.3. The van der Waals surface area contributed by atoms with Crippen molar-refractivity contribution in [3.63, 3.8) is 0 Å². The Morgan fingerprint density at radius 3 is 2.58 bits per heavy atom. The largest absolute Gasteiger partial charge is 0.471 e. The third-order valence-electron chi connectivity index (χ3n) is 10.3. The SMILES string of the molecule is Cc1nc2ccc(F)cc2nc1O[C@@H]1C[C@H]2C(=O)N[C@]3(C(=O)NS(=O)(=O)C4CC4)C[C@H]3/C=C\CCCCC[C@H](NC(=O)c3ccccc3F)C(=O)N2C1. The first kappa shape index (κ1) is 36.4. The number of aromatic nitrogens is 2. The number of ether oxygens (including phenoxy) is 1. The number of allylic oxidation sites excluding steroid dienone is 1. The van der Waals surface area contributed by atoms with Gasteiger partial charge in [-0.1, -0.05) is 37.1 Å². The normalized spacial score (nSPS) is 27.0. The number of fused-ring (bicyclic) bond motifs is 3. The molecule has 7 rings (SSSR count). The molecule has 3 fully saturated rings. The molecule has 2 aromatic carbocycles. The summed E-state index contributed by atoms with van der Waals surface area (Å²) in [4.78, 5) is 65.9. The number of hydrogen-bond donors (Lipinski definition) is 3. The lowest BCUT2D eigenvalue weighted by Gasteiger charge is -2.30. The second-order valence-corrected chi connectivity index (χ2v) is 16.2. The molecular weight excluding hydrogens is 711 g/mol. The summed E-state index contributed by atoms with van der Waals surface area (Å²) in [5.74, 6) is -4.64. The van der Waals surface area contributed by atoms with E-state index in [1.54, 1.807) is 6.92 Å². The molecule has 2 aliphatic heterocycles. The summed E-state index contributed by atoms with van der Waals surface area (Å²) in [6.07, 6.45) is 6.65. The second kappa shape index (κ2) is 14.4. The number of aryl methyl sites for hydroxylation is 1. The van der Waals surface area contributed by atoms with Crippen LogP contribution in [-0.4, -0.2) is 82.4 Å². The Labute approximate surface area is 305 Å². The third kappa shape index (κ3) is 7.73. The molecule has 1 saturated heterocycles. The van der Waals surface area contributed by atoms with Crippen molar-refractivity contribution in [2.24, 2.45) is 5.92 Å². The van der Waals surface area contributed by atoms with Crippen LogP contribution >= 0.6 is 0 Å². The summed E-state index contributed by atoms with van der Waals surface area (Å²) in [5.41, 5.74) is -0.732. The van der Waals surface area contributed by atoms with Crippen molar-refractivity contribution >= 4 is 44.7 Å². The molecule has 4 aliphatic rings. The topological polar surface area (TPSA) is 177 Å². The molecule has 2 aliphatic carbocycles. The molecule has 5 atom stereocenters. The average Bonchev–Trinajstić information content (AvgIpc) is 4.04. The van der Waals surface area contributed by atoms with Crippen LogP contribution in [0.5, 0.6) is 5.88 Å². The number of nitrogens with zero attached hydrogens (tertiary/aromatic N) is 3. The number of sulfonamides is 1. The first-order valence-electron chi connectivity index (χ1n) is 17.9. The summed E-state index contributed by atoms with van der Waals surface area (Å²) in [6.45, 7) is 1.52. The number of carbonyl (C=O) groups is 4. The monoisotopic (exact) mass is 750 g/mol. The number of carbonyl (C=O) groups excluding carboxylic acids is 4. The van der Waals surface area contributed by atoms with E-state index in [1.165, 1.54) is 41.3 Å². The lowest BCUT2D eigenvalue weighted by Crippen LogP contribution is -2.58. The van der Waals surface area contributed by atoms with Gasteiger partial charge in [0.2, 0.25) is 27.7 Å². The van der Waals surface area contributed by atoms with E-state index in [1.807, 2.05) is 12.2 Å². The summed E-state index contributed by atoms with van der Waals surface area (Å²) < 4.78 is 62.6. The minimum Gasteiger partial charge on any atom is -0.471 e. The van der Waals surface area contributed by atoms with Gasteiger partial charge in [-0.3, -0.25) is 23.9 Å². The molecular formula is C37H40F2N6O7S. The maximum atomic E-state index is 14.6. The van der Waals surface area contributed by atoms with Gasteiger partial charge < -0.3 is 20.3 Å². The van der Waals surface area contributed by atoms with Crippen molar-refractivity contribution in [1.29, 1.82) is 0 Å². The van der Waals surface area contributed by atoms with E-state index in [2.05, 4.69) is 25.3 Å². The Morgan fingerprint density at radius 1 is 1.02 bits per heavy atom. The van der Waals surface area contributed by atoms with Crippen molar-refractivity contribution in [2.75, 3.05) is 6.54 Å².